The van der Waals surface area contributed by atoms with E-state index in [1.54, 1.807) is 6.20 Å². The number of nitrogens with zero attached hydrogens (tertiary/aromatic N) is 2. The summed E-state index contributed by atoms with van der Waals surface area (Å²) < 4.78 is 0. The molecule has 2 N–H and O–H groups in total. The number of anilines is 1. The van der Waals surface area contributed by atoms with E-state index in [0.29, 0.717) is 0 Å². The average Bonchev–Trinajstić information content (AvgIpc) is 3.00. The molecule has 0 bridgehead atoms. The lowest BCUT2D eigenvalue weighted by Gasteiger charge is -2.14. The molecule has 0 unspecified atom stereocenters. The number of aromatic nitrogens is 2. The molecule has 1 heterocycles. The highest BCUT2D eigenvalue weighted by Gasteiger charge is 2.41. The van der Waals surface area contributed by atoms with Crippen LogP contribution in [0.15, 0.2) is 6.20 Å². The molecule has 1 saturated carbocycles. The second-order valence-electron chi connectivity index (χ2n) is 4.18. The molecule has 0 spiro atoms. The van der Waals surface area contributed by atoms with Gasteiger partial charge < -0.3 is 10.4 Å². The molecule has 2 rings (SSSR count). The zero-order chi connectivity index (χ0) is 10.9. The maximum atomic E-state index is 9.16. The Morgan fingerprint density at radius 2 is 2.33 bits per heavy atom. The molecular formula is C10H14ClN3O. The van der Waals surface area contributed by atoms with Gasteiger partial charge in [0.2, 0.25) is 5.28 Å². The molecule has 1 fully saturated rings. The predicted octanol–water partition coefficient (Wildman–Crippen LogP) is 1.62. The molecule has 0 radical (unpaired) electrons. The largest absolute Gasteiger partial charge is 0.396 e. The van der Waals surface area contributed by atoms with E-state index < -0.39 is 0 Å². The summed E-state index contributed by atoms with van der Waals surface area (Å²) in [4.78, 5) is 7.98. The Labute approximate surface area is 93.7 Å². The summed E-state index contributed by atoms with van der Waals surface area (Å²) in [5, 5.41) is 12.6. The summed E-state index contributed by atoms with van der Waals surface area (Å²) in [5.74, 6) is 0.759. The Hall–Kier alpha value is -0.870. The summed E-state index contributed by atoms with van der Waals surface area (Å²) in [7, 11) is 0. The molecule has 0 aliphatic heterocycles. The lowest BCUT2D eigenvalue weighted by atomic mass is 10.1. The third-order valence-electron chi connectivity index (χ3n) is 2.87. The van der Waals surface area contributed by atoms with Gasteiger partial charge >= 0.3 is 0 Å². The summed E-state index contributed by atoms with van der Waals surface area (Å²) in [6, 6.07) is 0. The molecule has 1 aromatic rings. The van der Waals surface area contributed by atoms with Crippen molar-refractivity contribution in [3.8, 4) is 0 Å². The van der Waals surface area contributed by atoms with E-state index in [1.807, 2.05) is 6.92 Å². The molecule has 5 heteroatoms. The monoisotopic (exact) mass is 227 g/mol. The maximum Gasteiger partial charge on any atom is 0.224 e. The van der Waals surface area contributed by atoms with Gasteiger partial charge in [-0.1, -0.05) is 0 Å². The van der Waals surface area contributed by atoms with Crippen LogP contribution in [-0.4, -0.2) is 28.2 Å². The Balaban J connectivity index is 2.01. The summed E-state index contributed by atoms with van der Waals surface area (Å²) in [6.07, 6.45) is 3.85. The fourth-order valence-corrected chi connectivity index (χ4v) is 1.57. The minimum Gasteiger partial charge on any atom is -0.396 e. The number of aliphatic hydroxyl groups is 1. The van der Waals surface area contributed by atoms with Gasteiger partial charge in [-0.25, -0.2) is 9.97 Å². The SMILES string of the molecule is Cc1cnc(Cl)nc1NCC1(CO)CC1. The van der Waals surface area contributed by atoms with Gasteiger partial charge in [-0.05, 0) is 31.4 Å². The van der Waals surface area contributed by atoms with Crippen LogP contribution >= 0.6 is 11.6 Å². The van der Waals surface area contributed by atoms with Gasteiger partial charge in [0, 0.05) is 23.7 Å². The number of halogens is 1. The third-order valence-corrected chi connectivity index (χ3v) is 3.05. The zero-order valence-electron chi connectivity index (χ0n) is 8.63. The van der Waals surface area contributed by atoms with Crippen molar-refractivity contribution in [3.05, 3.63) is 17.0 Å². The van der Waals surface area contributed by atoms with Crippen LogP contribution in [-0.2, 0) is 0 Å². The maximum absolute atomic E-state index is 9.16. The van der Waals surface area contributed by atoms with Gasteiger partial charge in [0.25, 0.3) is 0 Å². The second-order valence-corrected chi connectivity index (χ2v) is 4.52. The minimum atomic E-state index is 0.0733. The fourth-order valence-electron chi connectivity index (χ4n) is 1.44. The highest BCUT2D eigenvalue weighted by Crippen LogP contribution is 2.44. The Bertz CT molecular complexity index is 366. The molecule has 1 aliphatic carbocycles. The molecular weight excluding hydrogens is 214 g/mol. The van der Waals surface area contributed by atoms with E-state index in [4.69, 9.17) is 16.7 Å². The van der Waals surface area contributed by atoms with E-state index in [9.17, 15) is 0 Å². The van der Waals surface area contributed by atoms with Crippen LogP contribution in [0.4, 0.5) is 5.82 Å². The zero-order valence-corrected chi connectivity index (χ0v) is 9.38. The first-order valence-corrected chi connectivity index (χ1v) is 5.37. The first kappa shape index (κ1) is 10.6. The molecule has 0 atom stereocenters. The highest BCUT2D eigenvalue weighted by atomic mass is 35.5. The van der Waals surface area contributed by atoms with Gasteiger partial charge in [0.1, 0.15) is 5.82 Å². The summed E-state index contributed by atoms with van der Waals surface area (Å²) in [6.45, 7) is 2.91. The summed E-state index contributed by atoms with van der Waals surface area (Å²) in [5.41, 5.74) is 1.04. The first-order chi connectivity index (χ1) is 7.15. The Morgan fingerprint density at radius 1 is 1.60 bits per heavy atom. The van der Waals surface area contributed by atoms with Crippen LogP contribution in [0.1, 0.15) is 18.4 Å². The molecule has 15 heavy (non-hydrogen) atoms. The van der Waals surface area contributed by atoms with Gasteiger partial charge in [-0.2, -0.15) is 0 Å². The predicted molar refractivity (Wildman–Crippen MR) is 59.0 cm³/mol. The van der Waals surface area contributed by atoms with Crippen molar-refractivity contribution >= 4 is 17.4 Å². The number of aryl methyl sites for hydroxylation is 1. The van der Waals surface area contributed by atoms with Gasteiger partial charge in [0.05, 0.1) is 6.61 Å². The normalized spacial score (nSPS) is 17.5. The molecule has 1 aliphatic rings. The van der Waals surface area contributed by atoms with E-state index in [1.165, 1.54) is 0 Å². The van der Waals surface area contributed by atoms with Gasteiger partial charge in [0.15, 0.2) is 0 Å². The molecule has 4 nitrogen and oxygen atoms in total. The lowest BCUT2D eigenvalue weighted by Crippen LogP contribution is -2.20. The smallest absolute Gasteiger partial charge is 0.224 e. The van der Waals surface area contributed by atoms with Crippen molar-refractivity contribution in [2.45, 2.75) is 19.8 Å². The summed E-state index contributed by atoms with van der Waals surface area (Å²) >= 11 is 5.70. The Morgan fingerprint density at radius 3 is 2.93 bits per heavy atom. The van der Waals surface area contributed by atoms with E-state index in [-0.39, 0.29) is 17.3 Å². The molecule has 1 aromatic heterocycles. The standard InChI is InChI=1S/C10H14ClN3O/c1-7-4-12-9(11)14-8(7)13-5-10(6-15)2-3-10/h4,15H,2-3,5-6H2,1H3,(H,12,13,14). The van der Waals surface area contributed by atoms with Crippen molar-refractivity contribution in [2.75, 3.05) is 18.5 Å². The molecule has 0 aromatic carbocycles. The minimum absolute atomic E-state index is 0.0733. The quantitative estimate of drug-likeness (QED) is 0.768. The Kier molecular flexibility index (Phi) is 2.80. The van der Waals surface area contributed by atoms with Crippen LogP contribution in [0.25, 0.3) is 0 Å². The number of rotatable bonds is 4. The first-order valence-electron chi connectivity index (χ1n) is 4.99. The van der Waals surface area contributed by atoms with Crippen molar-refractivity contribution in [2.24, 2.45) is 5.41 Å². The van der Waals surface area contributed by atoms with E-state index in [2.05, 4.69) is 15.3 Å². The van der Waals surface area contributed by atoms with Crippen LogP contribution in [0.3, 0.4) is 0 Å². The average molecular weight is 228 g/mol. The van der Waals surface area contributed by atoms with Crippen LogP contribution < -0.4 is 5.32 Å². The molecule has 82 valence electrons. The van der Waals surface area contributed by atoms with Gasteiger partial charge in [-0.3, -0.25) is 0 Å². The molecule has 0 saturated heterocycles. The number of nitrogens with one attached hydrogen (secondary N) is 1. The molecule has 0 amide bonds. The van der Waals surface area contributed by atoms with Crippen LogP contribution in [0.2, 0.25) is 5.28 Å². The van der Waals surface area contributed by atoms with Crippen molar-refractivity contribution in [1.82, 2.24) is 9.97 Å². The van der Waals surface area contributed by atoms with Crippen molar-refractivity contribution in [3.63, 3.8) is 0 Å². The van der Waals surface area contributed by atoms with E-state index >= 15 is 0 Å². The number of hydrogen-bond donors (Lipinski definition) is 2. The highest BCUT2D eigenvalue weighted by molar-refractivity contribution is 6.28. The second kappa shape index (κ2) is 3.94. The topological polar surface area (TPSA) is 58.0 Å². The van der Waals surface area contributed by atoms with Crippen molar-refractivity contribution in [1.29, 1.82) is 0 Å². The third kappa shape index (κ3) is 2.38. The number of aliphatic hydroxyl groups excluding tert-OH is 1. The van der Waals surface area contributed by atoms with Crippen molar-refractivity contribution < 1.29 is 5.11 Å². The number of hydrogen-bond acceptors (Lipinski definition) is 4. The lowest BCUT2D eigenvalue weighted by molar-refractivity contribution is 0.219. The van der Waals surface area contributed by atoms with Gasteiger partial charge in [-0.15, -0.1) is 0 Å². The van der Waals surface area contributed by atoms with E-state index in [0.717, 1.165) is 30.8 Å². The fraction of sp³-hybridized carbons (Fsp3) is 0.600. The van der Waals surface area contributed by atoms with Crippen LogP contribution in [0, 0.1) is 12.3 Å². The van der Waals surface area contributed by atoms with Crippen LogP contribution in [0.5, 0.6) is 0 Å².